The van der Waals surface area contributed by atoms with Gasteiger partial charge in [-0.25, -0.2) is 4.39 Å². The molecule has 0 saturated heterocycles. The zero-order valence-electron chi connectivity index (χ0n) is 13.5. The van der Waals surface area contributed by atoms with Crippen molar-refractivity contribution in [3.05, 3.63) is 29.6 Å². The summed E-state index contributed by atoms with van der Waals surface area (Å²) in [4.78, 5) is 0. The van der Waals surface area contributed by atoms with Gasteiger partial charge in [0.05, 0.1) is 7.11 Å². The average Bonchev–Trinajstić information content (AvgIpc) is 2.48. The Morgan fingerprint density at radius 1 is 1.29 bits per heavy atom. The molecule has 0 aromatic heterocycles. The van der Waals surface area contributed by atoms with Crippen LogP contribution in [0, 0.1) is 17.7 Å². The second-order valence-electron chi connectivity index (χ2n) is 6.45. The van der Waals surface area contributed by atoms with Gasteiger partial charge in [-0.1, -0.05) is 38.7 Å². The summed E-state index contributed by atoms with van der Waals surface area (Å²) in [5.74, 6) is 2.17. The van der Waals surface area contributed by atoms with Gasteiger partial charge in [0.15, 0.2) is 0 Å². The van der Waals surface area contributed by atoms with E-state index in [1.807, 2.05) is 13.0 Å². The smallest absolute Gasteiger partial charge is 0.131 e. The summed E-state index contributed by atoms with van der Waals surface area (Å²) in [5, 5.41) is 3.45. The number of ether oxygens (including phenoxy) is 1. The number of rotatable bonds is 6. The SMILES string of the molecule is COc1cccc(F)c1C(C)NCCC1CCC(C)CC1. The molecule has 118 valence electrons. The zero-order valence-corrected chi connectivity index (χ0v) is 13.5. The van der Waals surface area contributed by atoms with Crippen molar-refractivity contribution in [2.75, 3.05) is 13.7 Å². The van der Waals surface area contributed by atoms with Crippen LogP contribution < -0.4 is 10.1 Å². The van der Waals surface area contributed by atoms with E-state index < -0.39 is 0 Å². The van der Waals surface area contributed by atoms with E-state index in [0.29, 0.717) is 11.3 Å². The van der Waals surface area contributed by atoms with Crippen molar-refractivity contribution in [3.8, 4) is 5.75 Å². The predicted molar refractivity (Wildman–Crippen MR) is 85.1 cm³/mol. The predicted octanol–water partition coefficient (Wildman–Crippen LogP) is 4.70. The first-order chi connectivity index (χ1) is 10.1. The van der Waals surface area contributed by atoms with E-state index in [1.165, 1.54) is 38.2 Å². The highest BCUT2D eigenvalue weighted by atomic mass is 19.1. The average molecular weight is 293 g/mol. The number of halogens is 1. The van der Waals surface area contributed by atoms with Crippen molar-refractivity contribution < 1.29 is 9.13 Å². The number of benzene rings is 1. The molecule has 0 radical (unpaired) electrons. The minimum Gasteiger partial charge on any atom is -0.496 e. The molecule has 2 nitrogen and oxygen atoms in total. The molecule has 1 N–H and O–H groups in total. The number of hydrogen-bond acceptors (Lipinski definition) is 2. The first-order valence-corrected chi connectivity index (χ1v) is 8.17. The lowest BCUT2D eigenvalue weighted by Crippen LogP contribution is -2.24. The third kappa shape index (κ3) is 4.44. The van der Waals surface area contributed by atoms with Crippen LogP contribution >= 0.6 is 0 Å². The van der Waals surface area contributed by atoms with Gasteiger partial charge in [-0.3, -0.25) is 0 Å². The lowest BCUT2D eigenvalue weighted by atomic mass is 9.81. The van der Waals surface area contributed by atoms with Crippen LogP contribution in [0.25, 0.3) is 0 Å². The molecule has 21 heavy (non-hydrogen) atoms. The van der Waals surface area contributed by atoms with Gasteiger partial charge < -0.3 is 10.1 Å². The number of methoxy groups -OCH3 is 1. The first kappa shape index (κ1) is 16.3. The summed E-state index contributed by atoms with van der Waals surface area (Å²) in [5.41, 5.74) is 0.636. The largest absolute Gasteiger partial charge is 0.496 e. The summed E-state index contributed by atoms with van der Waals surface area (Å²) >= 11 is 0. The highest BCUT2D eigenvalue weighted by molar-refractivity contribution is 5.36. The van der Waals surface area contributed by atoms with Crippen LogP contribution in [-0.2, 0) is 0 Å². The minimum atomic E-state index is -0.194. The quantitative estimate of drug-likeness (QED) is 0.820. The summed E-state index contributed by atoms with van der Waals surface area (Å²) in [6.45, 7) is 5.29. The Morgan fingerprint density at radius 3 is 2.67 bits per heavy atom. The monoisotopic (exact) mass is 293 g/mol. The maximum Gasteiger partial charge on any atom is 0.131 e. The second kappa shape index (κ2) is 7.79. The summed E-state index contributed by atoms with van der Waals surface area (Å²) in [7, 11) is 1.59. The molecule has 1 aromatic rings. The lowest BCUT2D eigenvalue weighted by Gasteiger charge is -2.27. The molecule has 0 heterocycles. The Morgan fingerprint density at radius 2 is 2.00 bits per heavy atom. The second-order valence-corrected chi connectivity index (χ2v) is 6.45. The Kier molecular flexibility index (Phi) is 6.04. The third-order valence-corrected chi connectivity index (χ3v) is 4.80. The van der Waals surface area contributed by atoms with E-state index in [4.69, 9.17) is 4.74 Å². The van der Waals surface area contributed by atoms with Crippen LogP contribution in [0.4, 0.5) is 4.39 Å². The fourth-order valence-corrected chi connectivity index (χ4v) is 3.34. The Balaban J connectivity index is 1.83. The molecular formula is C18H28FNO. The molecule has 2 rings (SSSR count). The van der Waals surface area contributed by atoms with Gasteiger partial charge in [0, 0.05) is 11.6 Å². The van der Waals surface area contributed by atoms with Crippen LogP contribution in [0.1, 0.15) is 57.6 Å². The first-order valence-electron chi connectivity index (χ1n) is 8.17. The molecule has 1 unspecified atom stereocenters. The van der Waals surface area contributed by atoms with E-state index >= 15 is 0 Å². The molecular weight excluding hydrogens is 265 g/mol. The molecule has 1 aliphatic rings. The van der Waals surface area contributed by atoms with E-state index in [0.717, 1.165) is 18.4 Å². The molecule has 1 aromatic carbocycles. The molecule has 3 heteroatoms. The van der Waals surface area contributed by atoms with Gasteiger partial charge in [-0.2, -0.15) is 0 Å². The molecule has 1 atom stereocenters. The standard InChI is InChI=1S/C18H28FNO/c1-13-7-9-15(10-8-13)11-12-20-14(2)18-16(19)5-4-6-17(18)21-3/h4-6,13-15,20H,7-12H2,1-3H3. The number of hydrogen-bond donors (Lipinski definition) is 1. The maximum atomic E-state index is 14.0. The Labute approximate surface area is 128 Å². The lowest BCUT2D eigenvalue weighted by molar-refractivity contribution is 0.272. The van der Waals surface area contributed by atoms with Crippen LogP contribution in [-0.4, -0.2) is 13.7 Å². The fraction of sp³-hybridized carbons (Fsp3) is 0.667. The van der Waals surface area contributed by atoms with E-state index in [-0.39, 0.29) is 11.9 Å². The molecule has 0 bridgehead atoms. The van der Waals surface area contributed by atoms with E-state index in [9.17, 15) is 4.39 Å². The molecule has 0 spiro atoms. The van der Waals surface area contributed by atoms with Gasteiger partial charge >= 0.3 is 0 Å². The zero-order chi connectivity index (χ0) is 15.2. The molecule has 0 amide bonds. The molecule has 1 saturated carbocycles. The van der Waals surface area contributed by atoms with Crippen LogP contribution in [0.3, 0.4) is 0 Å². The summed E-state index contributed by atoms with van der Waals surface area (Å²) in [6.07, 6.45) is 6.61. The minimum absolute atomic E-state index is 0.0244. The van der Waals surface area contributed by atoms with Crippen molar-refractivity contribution >= 4 is 0 Å². The van der Waals surface area contributed by atoms with Crippen molar-refractivity contribution in [3.63, 3.8) is 0 Å². The normalized spacial score (nSPS) is 23.8. The number of nitrogens with one attached hydrogen (secondary N) is 1. The Hall–Kier alpha value is -1.09. The van der Waals surface area contributed by atoms with Gasteiger partial charge in [0.1, 0.15) is 11.6 Å². The van der Waals surface area contributed by atoms with Crippen molar-refractivity contribution in [1.82, 2.24) is 5.32 Å². The van der Waals surface area contributed by atoms with E-state index in [1.54, 1.807) is 13.2 Å². The van der Waals surface area contributed by atoms with Crippen LogP contribution in [0.15, 0.2) is 18.2 Å². The summed E-state index contributed by atoms with van der Waals surface area (Å²) in [6, 6.07) is 4.98. The van der Waals surface area contributed by atoms with Crippen molar-refractivity contribution in [2.24, 2.45) is 11.8 Å². The van der Waals surface area contributed by atoms with Gasteiger partial charge in [0.25, 0.3) is 0 Å². The maximum absolute atomic E-state index is 14.0. The van der Waals surface area contributed by atoms with Crippen molar-refractivity contribution in [2.45, 2.75) is 52.0 Å². The highest BCUT2D eigenvalue weighted by Crippen LogP contribution is 2.31. The summed E-state index contributed by atoms with van der Waals surface area (Å²) < 4.78 is 19.3. The fourth-order valence-electron chi connectivity index (χ4n) is 3.34. The van der Waals surface area contributed by atoms with Crippen LogP contribution in [0.2, 0.25) is 0 Å². The van der Waals surface area contributed by atoms with Crippen LogP contribution in [0.5, 0.6) is 5.75 Å². The highest BCUT2D eigenvalue weighted by Gasteiger charge is 2.19. The molecule has 1 aliphatic carbocycles. The van der Waals surface area contributed by atoms with Gasteiger partial charge in [0.2, 0.25) is 0 Å². The third-order valence-electron chi connectivity index (χ3n) is 4.80. The molecule has 1 fully saturated rings. The Bertz CT molecular complexity index is 441. The van der Waals surface area contributed by atoms with Crippen molar-refractivity contribution in [1.29, 1.82) is 0 Å². The molecule has 0 aliphatic heterocycles. The topological polar surface area (TPSA) is 21.3 Å². The van der Waals surface area contributed by atoms with E-state index in [2.05, 4.69) is 12.2 Å². The van der Waals surface area contributed by atoms with Gasteiger partial charge in [-0.05, 0) is 43.9 Å². The van der Waals surface area contributed by atoms with Gasteiger partial charge in [-0.15, -0.1) is 0 Å².